The molecule has 3 N–H and O–H groups in total. The Hall–Kier alpha value is -1.39. The fourth-order valence-electron chi connectivity index (χ4n) is 2.68. The van der Waals surface area contributed by atoms with Crippen molar-refractivity contribution in [2.75, 3.05) is 18.4 Å². The van der Waals surface area contributed by atoms with Crippen molar-refractivity contribution in [3.8, 4) is 0 Å². The van der Waals surface area contributed by atoms with Crippen molar-refractivity contribution < 1.29 is 4.79 Å². The number of nitrogens with one attached hydrogen (secondary N) is 1. The van der Waals surface area contributed by atoms with Crippen LogP contribution in [-0.2, 0) is 17.9 Å². The number of carbonyl (C=O) groups excluding carboxylic acids is 1. The lowest BCUT2D eigenvalue weighted by atomic mass is 10.1. The van der Waals surface area contributed by atoms with Crippen LogP contribution in [0.5, 0.6) is 0 Å². The van der Waals surface area contributed by atoms with Crippen LogP contribution in [0.25, 0.3) is 0 Å². The van der Waals surface area contributed by atoms with E-state index in [9.17, 15) is 4.79 Å². The number of hydrogen-bond acceptors (Lipinski definition) is 3. The minimum absolute atomic E-state index is 0.0643. The van der Waals surface area contributed by atoms with Crippen molar-refractivity contribution in [3.05, 3.63) is 29.3 Å². The first-order chi connectivity index (χ1) is 10.1. The Morgan fingerprint density at radius 3 is 2.90 bits per heavy atom. The highest BCUT2D eigenvalue weighted by molar-refractivity contribution is 5.91. The van der Waals surface area contributed by atoms with E-state index in [2.05, 4.69) is 30.1 Å². The normalized spacial score (nSPS) is 14.5. The zero-order valence-corrected chi connectivity index (χ0v) is 13.2. The van der Waals surface area contributed by atoms with E-state index in [1.54, 1.807) is 0 Å². The lowest BCUT2D eigenvalue weighted by molar-refractivity contribution is -0.116. The fourth-order valence-corrected chi connectivity index (χ4v) is 2.68. The van der Waals surface area contributed by atoms with Crippen molar-refractivity contribution in [1.82, 2.24) is 4.90 Å². The summed E-state index contributed by atoms with van der Waals surface area (Å²) in [5.41, 5.74) is 9.05. The molecular formula is C17H27N3O. The highest BCUT2D eigenvalue weighted by Gasteiger charge is 2.21. The van der Waals surface area contributed by atoms with Gasteiger partial charge in [-0.15, -0.1) is 0 Å². The molecule has 0 aromatic heterocycles. The molecule has 0 radical (unpaired) electrons. The first-order valence-electron chi connectivity index (χ1n) is 7.93. The third kappa shape index (κ3) is 4.55. The van der Waals surface area contributed by atoms with Gasteiger partial charge < -0.3 is 11.1 Å². The van der Waals surface area contributed by atoms with Gasteiger partial charge in [-0.2, -0.15) is 0 Å². The van der Waals surface area contributed by atoms with Crippen LogP contribution in [0.1, 0.15) is 44.2 Å². The lowest BCUT2D eigenvalue weighted by Crippen LogP contribution is -2.19. The second-order valence-electron chi connectivity index (χ2n) is 6.28. The van der Waals surface area contributed by atoms with Crippen LogP contribution in [0.2, 0.25) is 0 Å². The number of carbonyl (C=O) groups is 1. The Morgan fingerprint density at radius 1 is 1.38 bits per heavy atom. The van der Waals surface area contributed by atoms with Crippen molar-refractivity contribution in [2.45, 2.75) is 46.2 Å². The number of hydrogen-bond donors (Lipinski definition) is 2. The number of fused-ring (bicyclic) bond motifs is 1. The van der Waals surface area contributed by atoms with Crippen LogP contribution >= 0.6 is 0 Å². The molecule has 2 rings (SSSR count). The van der Waals surface area contributed by atoms with Crippen LogP contribution in [-0.4, -0.2) is 23.9 Å². The van der Waals surface area contributed by atoms with Gasteiger partial charge in [0, 0.05) is 25.2 Å². The molecule has 1 aliphatic heterocycles. The molecule has 4 heteroatoms. The van der Waals surface area contributed by atoms with E-state index in [0.29, 0.717) is 13.0 Å². The van der Waals surface area contributed by atoms with Gasteiger partial charge >= 0.3 is 0 Å². The Balaban J connectivity index is 1.98. The number of anilines is 1. The van der Waals surface area contributed by atoms with Crippen molar-refractivity contribution in [2.24, 2.45) is 11.7 Å². The minimum Gasteiger partial charge on any atom is -0.330 e. The second kappa shape index (κ2) is 7.57. The molecule has 0 spiro atoms. The molecule has 0 aliphatic carbocycles. The summed E-state index contributed by atoms with van der Waals surface area (Å²) in [6.07, 6.45) is 2.45. The van der Waals surface area contributed by atoms with E-state index in [-0.39, 0.29) is 5.91 Å². The van der Waals surface area contributed by atoms with Gasteiger partial charge in [0.2, 0.25) is 5.91 Å². The Morgan fingerprint density at radius 2 is 2.19 bits per heavy atom. The molecule has 1 amide bonds. The van der Waals surface area contributed by atoms with Gasteiger partial charge in [0.15, 0.2) is 0 Å². The summed E-state index contributed by atoms with van der Waals surface area (Å²) in [4.78, 5) is 14.3. The van der Waals surface area contributed by atoms with Crippen LogP contribution in [0, 0.1) is 5.92 Å². The van der Waals surface area contributed by atoms with Crippen molar-refractivity contribution in [1.29, 1.82) is 0 Å². The average molecular weight is 289 g/mol. The highest BCUT2D eigenvalue weighted by Crippen LogP contribution is 2.29. The molecule has 0 fully saturated rings. The molecule has 0 bridgehead atoms. The Labute approximate surface area is 127 Å². The zero-order chi connectivity index (χ0) is 15.2. The molecule has 1 aromatic carbocycles. The third-order valence-corrected chi connectivity index (χ3v) is 3.95. The van der Waals surface area contributed by atoms with Gasteiger partial charge in [-0.25, -0.2) is 0 Å². The predicted octanol–water partition coefficient (Wildman–Crippen LogP) is 2.73. The summed E-state index contributed by atoms with van der Waals surface area (Å²) in [6, 6.07) is 6.20. The number of rotatable bonds is 7. The molecular weight excluding hydrogens is 262 g/mol. The molecule has 1 aromatic rings. The van der Waals surface area contributed by atoms with Gasteiger partial charge in [-0.1, -0.05) is 26.0 Å². The quantitative estimate of drug-likeness (QED) is 0.811. The largest absolute Gasteiger partial charge is 0.330 e. The molecule has 0 saturated carbocycles. The van der Waals surface area contributed by atoms with Crippen LogP contribution in [0.3, 0.4) is 0 Å². The maximum atomic E-state index is 11.9. The number of nitrogens with zero attached hydrogens (tertiary/aromatic N) is 1. The van der Waals surface area contributed by atoms with E-state index in [0.717, 1.165) is 37.7 Å². The number of amides is 1. The van der Waals surface area contributed by atoms with Gasteiger partial charge in [0.05, 0.1) is 0 Å². The fraction of sp³-hybridized carbons (Fsp3) is 0.588. The zero-order valence-electron chi connectivity index (χ0n) is 13.2. The third-order valence-electron chi connectivity index (χ3n) is 3.95. The predicted molar refractivity (Wildman–Crippen MR) is 86.9 cm³/mol. The molecule has 21 heavy (non-hydrogen) atoms. The van der Waals surface area contributed by atoms with E-state index < -0.39 is 0 Å². The molecule has 1 heterocycles. The smallest absolute Gasteiger partial charge is 0.224 e. The van der Waals surface area contributed by atoms with E-state index in [1.807, 2.05) is 12.1 Å². The van der Waals surface area contributed by atoms with E-state index >= 15 is 0 Å². The van der Waals surface area contributed by atoms with E-state index in [1.165, 1.54) is 17.5 Å². The van der Waals surface area contributed by atoms with Crippen molar-refractivity contribution in [3.63, 3.8) is 0 Å². The molecule has 116 valence electrons. The SMILES string of the molecule is CC(C)CCN1Cc2cccc(NC(=O)CCCN)c2C1. The van der Waals surface area contributed by atoms with Crippen LogP contribution in [0.4, 0.5) is 5.69 Å². The molecule has 4 nitrogen and oxygen atoms in total. The van der Waals surface area contributed by atoms with Gasteiger partial charge in [-0.3, -0.25) is 9.69 Å². The molecule has 0 atom stereocenters. The second-order valence-corrected chi connectivity index (χ2v) is 6.28. The van der Waals surface area contributed by atoms with Crippen molar-refractivity contribution >= 4 is 11.6 Å². The van der Waals surface area contributed by atoms with Crippen LogP contribution in [0.15, 0.2) is 18.2 Å². The molecule has 0 unspecified atom stereocenters. The van der Waals surface area contributed by atoms with E-state index in [4.69, 9.17) is 5.73 Å². The summed E-state index contributed by atoms with van der Waals surface area (Å²) in [5, 5.41) is 3.04. The minimum atomic E-state index is 0.0643. The Kier molecular flexibility index (Phi) is 5.76. The molecule has 0 saturated heterocycles. The highest BCUT2D eigenvalue weighted by atomic mass is 16.1. The summed E-state index contributed by atoms with van der Waals surface area (Å²) < 4.78 is 0. The first kappa shape index (κ1) is 16.0. The maximum Gasteiger partial charge on any atom is 0.224 e. The van der Waals surface area contributed by atoms with Gasteiger partial charge in [0.25, 0.3) is 0 Å². The maximum absolute atomic E-state index is 11.9. The summed E-state index contributed by atoms with van der Waals surface area (Å²) >= 11 is 0. The van der Waals surface area contributed by atoms with Gasteiger partial charge in [0.1, 0.15) is 0 Å². The van der Waals surface area contributed by atoms with Gasteiger partial charge in [-0.05, 0) is 49.0 Å². The Bertz CT molecular complexity index is 485. The topological polar surface area (TPSA) is 58.4 Å². The number of nitrogens with two attached hydrogens (primary N) is 1. The standard InChI is InChI=1S/C17H27N3O/c1-13(2)8-10-20-11-14-5-3-6-16(15(14)12-20)19-17(21)7-4-9-18/h3,5-6,13H,4,7-12,18H2,1-2H3,(H,19,21). The average Bonchev–Trinajstić information content (AvgIpc) is 2.87. The summed E-state index contributed by atoms with van der Waals surface area (Å²) in [5.74, 6) is 0.790. The molecule has 1 aliphatic rings. The number of benzene rings is 1. The monoisotopic (exact) mass is 289 g/mol. The first-order valence-corrected chi connectivity index (χ1v) is 7.93. The lowest BCUT2D eigenvalue weighted by Gasteiger charge is -2.16. The summed E-state index contributed by atoms with van der Waals surface area (Å²) in [7, 11) is 0. The summed E-state index contributed by atoms with van der Waals surface area (Å²) in [6.45, 7) is 8.12. The van der Waals surface area contributed by atoms with Crippen LogP contribution < -0.4 is 11.1 Å².